The first-order chi connectivity index (χ1) is 12.9. The van der Waals surface area contributed by atoms with E-state index >= 15 is 0 Å². The molecule has 0 amide bonds. The van der Waals surface area contributed by atoms with Gasteiger partial charge in [0.05, 0.1) is 15.4 Å². The summed E-state index contributed by atoms with van der Waals surface area (Å²) in [4.78, 5) is 0. The topological polar surface area (TPSA) is 57.2 Å². The fraction of sp³-hybridized carbons (Fsp3) is 0.625. The van der Waals surface area contributed by atoms with E-state index in [2.05, 4.69) is 0 Å². The minimum Gasteiger partial charge on any atom is -0.748 e. The maximum atomic E-state index is 13.8. The van der Waals surface area contributed by atoms with Crippen LogP contribution in [0.25, 0.3) is 0 Å². The molecule has 1 atom stereocenters. The molecular weight excluding hydrogens is 466 g/mol. The summed E-state index contributed by atoms with van der Waals surface area (Å²) in [6.45, 7) is 1.71. The molecule has 1 aromatic rings. The molecule has 0 fully saturated rings. The smallest absolute Gasteiger partial charge is 0.748 e. The van der Waals surface area contributed by atoms with Crippen molar-refractivity contribution < 1.29 is 82.0 Å². The van der Waals surface area contributed by atoms with Crippen LogP contribution < -0.4 is 29.6 Å². The molecule has 168 valence electrons. The third-order valence-electron chi connectivity index (χ3n) is 4.21. The predicted octanol–water partition coefficient (Wildman–Crippen LogP) is 2.26. The summed E-state index contributed by atoms with van der Waals surface area (Å²) in [5.74, 6) is -19.7. The van der Waals surface area contributed by atoms with Gasteiger partial charge in [-0.2, -0.15) is 39.5 Å². The summed E-state index contributed by atoms with van der Waals surface area (Å²) in [7, 11) is -4.78. The van der Waals surface area contributed by atoms with Crippen LogP contribution in [0, 0.1) is 0 Å². The zero-order valence-electron chi connectivity index (χ0n) is 15.7. The van der Waals surface area contributed by atoms with E-state index in [1.165, 1.54) is 0 Å². The molecule has 0 aromatic heterocycles. The molecule has 1 aromatic carbocycles. The standard InChI is InChI=1S/C16H17F9O3S.Na/c1-2-3-4-12(29(26,27)28)9-10-5-7-11(8-6-10)13(17,18)14(19,20)15(21,22)16(23,24)25;/h5-8,12H,2-4,9H2,1H3,(H,26,27,28);/q;+1/p-1. The van der Waals surface area contributed by atoms with Gasteiger partial charge in [0.1, 0.15) is 0 Å². The molecule has 0 aliphatic heterocycles. The van der Waals surface area contributed by atoms with Gasteiger partial charge in [0.25, 0.3) is 0 Å². The van der Waals surface area contributed by atoms with E-state index < -0.39 is 51.3 Å². The van der Waals surface area contributed by atoms with Gasteiger partial charge in [-0.15, -0.1) is 0 Å². The van der Waals surface area contributed by atoms with Crippen LogP contribution in [-0.4, -0.2) is 36.2 Å². The van der Waals surface area contributed by atoms with E-state index in [0.717, 1.165) is 0 Å². The van der Waals surface area contributed by atoms with Gasteiger partial charge in [0.15, 0.2) is 0 Å². The minimum absolute atomic E-state index is 0. The molecule has 0 spiro atoms. The van der Waals surface area contributed by atoms with Crippen molar-refractivity contribution in [2.45, 2.75) is 61.8 Å². The number of rotatable bonds is 9. The van der Waals surface area contributed by atoms with E-state index in [1.807, 2.05) is 0 Å². The molecule has 30 heavy (non-hydrogen) atoms. The largest absolute Gasteiger partial charge is 1.00 e. The summed E-state index contributed by atoms with van der Waals surface area (Å²) in [5.41, 5.74) is -1.90. The molecule has 0 heterocycles. The van der Waals surface area contributed by atoms with E-state index in [4.69, 9.17) is 0 Å². The number of halogens is 9. The molecule has 3 nitrogen and oxygen atoms in total. The molecule has 0 saturated carbocycles. The van der Waals surface area contributed by atoms with Gasteiger partial charge in [-0.3, -0.25) is 0 Å². The molecule has 0 aliphatic rings. The van der Waals surface area contributed by atoms with E-state index in [9.17, 15) is 52.5 Å². The van der Waals surface area contributed by atoms with Crippen molar-refractivity contribution in [3.05, 3.63) is 35.4 Å². The van der Waals surface area contributed by atoms with Gasteiger partial charge in [0, 0.05) is 5.56 Å². The average Bonchev–Trinajstić information content (AvgIpc) is 2.56. The minimum atomic E-state index is -7.01. The van der Waals surface area contributed by atoms with Crippen LogP contribution in [0.1, 0.15) is 37.3 Å². The summed E-state index contributed by atoms with van der Waals surface area (Å²) < 4.78 is 151. The maximum absolute atomic E-state index is 13.8. The van der Waals surface area contributed by atoms with Gasteiger partial charge >= 0.3 is 53.5 Å². The zero-order chi connectivity index (χ0) is 22.9. The molecule has 0 radical (unpaired) electrons. The summed E-state index contributed by atoms with van der Waals surface area (Å²) in [5, 5.41) is -1.44. The van der Waals surface area contributed by atoms with Crippen LogP contribution in [0.3, 0.4) is 0 Å². The first-order valence-electron chi connectivity index (χ1n) is 8.14. The molecule has 1 unspecified atom stereocenters. The molecule has 1 rings (SSSR count). The molecule has 0 saturated heterocycles. The Bertz CT molecular complexity index is 793. The monoisotopic (exact) mass is 482 g/mol. The second kappa shape index (κ2) is 9.97. The molecule has 0 bridgehead atoms. The van der Waals surface area contributed by atoms with Gasteiger partial charge in [-0.05, 0) is 18.4 Å². The third-order valence-corrected chi connectivity index (χ3v) is 5.43. The Balaban J connectivity index is 0.00000841. The van der Waals surface area contributed by atoms with Crippen LogP contribution in [0.4, 0.5) is 39.5 Å². The predicted molar refractivity (Wildman–Crippen MR) is 83.0 cm³/mol. The fourth-order valence-electron chi connectivity index (χ4n) is 2.45. The van der Waals surface area contributed by atoms with E-state index in [1.54, 1.807) is 6.92 Å². The molecule has 14 heteroatoms. The molecule has 0 aliphatic carbocycles. The van der Waals surface area contributed by atoms with Crippen molar-refractivity contribution in [1.82, 2.24) is 0 Å². The van der Waals surface area contributed by atoms with Crippen LogP contribution >= 0.6 is 0 Å². The van der Waals surface area contributed by atoms with Crippen LogP contribution in [0.5, 0.6) is 0 Å². The van der Waals surface area contributed by atoms with Crippen LogP contribution in [0.15, 0.2) is 24.3 Å². The Hall–Kier alpha value is -0.500. The molecular formula is C16H16F9NaO3S. The number of hydrogen-bond acceptors (Lipinski definition) is 3. The summed E-state index contributed by atoms with van der Waals surface area (Å²) >= 11 is 0. The van der Waals surface area contributed by atoms with Gasteiger partial charge in [0.2, 0.25) is 0 Å². The number of hydrogen-bond donors (Lipinski definition) is 0. The summed E-state index contributed by atoms with van der Waals surface area (Å²) in [6.07, 6.45) is -6.56. The van der Waals surface area contributed by atoms with E-state index in [-0.39, 0.29) is 53.7 Å². The van der Waals surface area contributed by atoms with Crippen molar-refractivity contribution in [2.24, 2.45) is 0 Å². The summed E-state index contributed by atoms with van der Waals surface area (Å²) in [6, 6.07) is 1.69. The van der Waals surface area contributed by atoms with Crippen molar-refractivity contribution in [3.8, 4) is 0 Å². The number of benzene rings is 1. The van der Waals surface area contributed by atoms with Crippen molar-refractivity contribution in [1.29, 1.82) is 0 Å². The Morgan fingerprint density at radius 2 is 1.37 bits per heavy atom. The van der Waals surface area contributed by atoms with Crippen molar-refractivity contribution >= 4 is 10.1 Å². The zero-order valence-corrected chi connectivity index (χ0v) is 18.6. The van der Waals surface area contributed by atoms with Gasteiger partial charge in [-0.25, -0.2) is 8.42 Å². The number of alkyl halides is 9. The SMILES string of the molecule is CCCCC(Cc1ccc(C(F)(F)C(F)(F)C(F)(F)C(F)(F)F)cc1)S(=O)(=O)[O-].[Na+]. The van der Waals surface area contributed by atoms with Crippen molar-refractivity contribution in [2.75, 3.05) is 0 Å². The maximum Gasteiger partial charge on any atom is 1.00 e. The van der Waals surface area contributed by atoms with Crippen molar-refractivity contribution in [3.63, 3.8) is 0 Å². The van der Waals surface area contributed by atoms with Crippen LogP contribution in [-0.2, 0) is 22.5 Å². The Morgan fingerprint density at radius 1 is 0.900 bits per heavy atom. The first kappa shape index (κ1) is 29.5. The second-order valence-corrected chi connectivity index (χ2v) is 8.03. The second-order valence-electron chi connectivity index (χ2n) is 6.38. The quantitative estimate of drug-likeness (QED) is 0.308. The average molecular weight is 482 g/mol. The Morgan fingerprint density at radius 3 is 1.73 bits per heavy atom. The molecule has 0 N–H and O–H groups in total. The fourth-order valence-corrected chi connectivity index (χ4v) is 3.30. The Kier molecular flexibility index (Phi) is 9.80. The first-order valence-corrected chi connectivity index (χ1v) is 9.61. The third kappa shape index (κ3) is 6.05. The van der Waals surface area contributed by atoms with Gasteiger partial charge < -0.3 is 4.55 Å². The Labute approximate surface area is 189 Å². The van der Waals surface area contributed by atoms with E-state index in [0.29, 0.717) is 25.0 Å². The normalized spacial score (nSPS) is 14.9. The number of unbranched alkanes of at least 4 members (excludes halogenated alkanes) is 1. The van der Waals surface area contributed by atoms with Gasteiger partial charge in [-0.1, -0.05) is 44.0 Å². The van der Waals surface area contributed by atoms with Crippen LogP contribution in [0.2, 0.25) is 0 Å².